The largest absolute Gasteiger partial charge is 0.497 e. The van der Waals surface area contributed by atoms with E-state index in [0.717, 1.165) is 23.6 Å². The van der Waals surface area contributed by atoms with Crippen LogP contribution < -0.4 is 14.8 Å². The number of hydrogen-bond acceptors (Lipinski definition) is 5. The highest BCUT2D eigenvalue weighted by Crippen LogP contribution is 2.36. The maximum absolute atomic E-state index is 10.6. The van der Waals surface area contributed by atoms with Crippen molar-refractivity contribution in [1.82, 2.24) is 10.2 Å². The normalized spacial score (nSPS) is 20.9. The molecule has 0 aromatic heterocycles. The summed E-state index contributed by atoms with van der Waals surface area (Å²) in [4.78, 5) is 2.75. The van der Waals surface area contributed by atoms with Gasteiger partial charge in [0, 0.05) is 24.2 Å². The van der Waals surface area contributed by atoms with E-state index in [9.17, 15) is 5.11 Å². The average Bonchev–Trinajstić information content (AvgIpc) is 2.78. The van der Waals surface area contributed by atoms with Crippen LogP contribution in [-0.2, 0) is 5.41 Å². The Hall–Kier alpha value is -1.30. The first kappa shape index (κ1) is 24.3. The van der Waals surface area contributed by atoms with Gasteiger partial charge in [-0.2, -0.15) is 0 Å². The molecule has 2 aliphatic rings. The van der Waals surface area contributed by atoms with Crippen molar-refractivity contribution in [1.29, 1.82) is 0 Å². The van der Waals surface area contributed by atoms with Gasteiger partial charge in [0.05, 0.1) is 7.11 Å². The molecule has 2 fully saturated rings. The number of hydrogen-bond donors (Lipinski definition) is 2. The standard InChI is InChI=1S/C26H44N2O3/c1-25(2,3)23-17-22(30-4)11-12-24(23)31-19-21(29)18-27-20-26(13-7-5-8-14-26)28-15-9-6-10-16-28/h11-12,17,21,27,29H,5-10,13-16,18-20H2,1-4H3/t21-/m1/s1. The molecular formula is C26H44N2O3. The third kappa shape index (κ3) is 6.59. The van der Waals surface area contributed by atoms with Crippen LogP contribution in [0.3, 0.4) is 0 Å². The molecule has 176 valence electrons. The predicted molar refractivity (Wildman–Crippen MR) is 127 cm³/mol. The lowest BCUT2D eigenvalue weighted by molar-refractivity contribution is 0.0289. The highest BCUT2D eigenvalue weighted by atomic mass is 16.5. The highest BCUT2D eigenvalue weighted by molar-refractivity contribution is 5.44. The van der Waals surface area contributed by atoms with Crippen molar-refractivity contribution in [2.75, 3.05) is 39.9 Å². The van der Waals surface area contributed by atoms with E-state index >= 15 is 0 Å². The van der Waals surface area contributed by atoms with Crippen molar-refractivity contribution >= 4 is 0 Å². The second-order valence-electron chi connectivity index (χ2n) is 10.5. The Labute approximate surface area is 189 Å². The number of methoxy groups -OCH3 is 1. The Kier molecular flexibility index (Phi) is 8.65. The molecule has 1 aromatic carbocycles. The lowest BCUT2D eigenvalue weighted by atomic mass is 9.79. The lowest BCUT2D eigenvalue weighted by Gasteiger charge is -2.48. The number of piperidine rings is 1. The van der Waals surface area contributed by atoms with Gasteiger partial charge in [0.25, 0.3) is 0 Å². The molecule has 0 spiro atoms. The van der Waals surface area contributed by atoms with E-state index < -0.39 is 6.10 Å². The zero-order chi connectivity index (χ0) is 22.3. The Bertz CT molecular complexity index is 674. The maximum atomic E-state index is 10.6. The number of aliphatic hydroxyl groups is 1. The van der Waals surface area contributed by atoms with Crippen LogP contribution in [0.2, 0.25) is 0 Å². The minimum absolute atomic E-state index is 0.0606. The van der Waals surface area contributed by atoms with Crippen LogP contribution in [0.15, 0.2) is 18.2 Å². The molecule has 31 heavy (non-hydrogen) atoms. The first-order valence-corrected chi connectivity index (χ1v) is 12.3. The predicted octanol–water partition coefficient (Wildman–Crippen LogP) is 4.51. The van der Waals surface area contributed by atoms with E-state index in [1.165, 1.54) is 64.5 Å². The molecular weight excluding hydrogens is 388 g/mol. The van der Waals surface area contributed by atoms with Crippen molar-refractivity contribution in [2.24, 2.45) is 0 Å². The van der Waals surface area contributed by atoms with Gasteiger partial charge >= 0.3 is 0 Å². The molecule has 5 nitrogen and oxygen atoms in total. The Morgan fingerprint density at radius 3 is 2.39 bits per heavy atom. The summed E-state index contributed by atoms with van der Waals surface area (Å²) in [6, 6.07) is 5.90. The monoisotopic (exact) mass is 432 g/mol. The molecule has 1 heterocycles. The van der Waals surface area contributed by atoms with Crippen molar-refractivity contribution in [3.05, 3.63) is 23.8 Å². The van der Waals surface area contributed by atoms with Crippen molar-refractivity contribution in [2.45, 2.75) is 89.2 Å². The van der Waals surface area contributed by atoms with E-state index in [1.807, 2.05) is 18.2 Å². The molecule has 1 saturated carbocycles. The highest BCUT2D eigenvalue weighted by Gasteiger charge is 2.38. The minimum Gasteiger partial charge on any atom is -0.497 e. The molecule has 5 heteroatoms. The molecule has 1 atom stereocenters. The SMILES string of the molecule is COc1ccc(OC[C@H](O)CNCC2(N3CCCCC3)CCCCC2)c(C(C)(C)C)c1. The summed E-state index contributed by atoms with van der Waals surface area (Å²) >= 11 is 0. The number of nitrogens with one attached hydrogen (secondary N) is 1. The van der Waals surface area contributed by atoms with E-state index in [2.05, 4.69) is 31.0 Å². The maximum Gasteiger partial charge on any atom is 0.123 e. The topological polar surface area (TPSA) is 54.0 Å². The van der Waals surface area contributed by atoms with Gasteiger partial charge in [-0.1, -0.05) is 46.5 Å². The number of ether oxygens (including phenoxy) is 2. The van der Waals surface area contributed by atoms with E-state index in [0.29, 0.717) is 13.2 Å². The van der Waals surface area contributed by atoms with Crippen LogP contribution in [0.1, 0.15) is 77.7 Å². The molecule has 1 aliphatic heterocycles. The first-order chi connectivity index (χ1) is 14.8. The number of likely N-dealkylation sites (tertiary alicyclic amines) is 1. The number of nitrogens with zero attached hydrogens (tertiary/aromatic N) is 1. The molecule has 0 amide bonds. The molecule has 3 rings (SSSR count). The number of benzene rings is 1. The summed E-state index contributed by atoms with van der Waals surface area (Å²) in [5.74, 6) is 1.65. The smallest absolute Gasteiger partial charge is 0.123 e. The fourth-order valence-corrected chi connectivity index (χ4v) is 5.25. The van der Waals surface area contributed by atoms with Crippen LogP contribution in [-0.4, -0.2) is 61.5 Å². The van der Waals surface area contributed by atoms with Crippen molar-refractivity contribution in [3.63, 3.8) is 0 Å². The Balaban J connectivity index is 1.52. The quantitative estimate of drug-likeness (QED) is 0.601. The molecule has 0 radical (unpaired) electrons. The second kappa shape index (κ2) is 11.0. The van der Waals surface area contributed by atoms with E-state index in [1.54, 1.807) is 7.11 Å². The van der Waals surface area contributed by atoms with Crippen LogP contribution in [0, 0.1) is 0 Å². The fourth-order valence-electron chi connectivity index (χ4n) is 5.25. The molecule has 0 bridgehead atoms. The van der Waals surface area contributed by atoms with Crippen LogP contribution >= 0.6 is 0 Å². The molecule has 1 aromatic rings. The first-order valence-electron chi connectivity index (χ1n) is 12.3. The van der Waals surface area contributed by atoms with Crippen molar-refractivity contribution < 1.29 is 14.6 Å². The van der Waals surface area contributed by atoms with Crippen molar-refractivity contribution in [3.8, 4) is 11.5 Å². The van der Waals surface area contributed by atoms with Gasteiger partial charge in [-0.3, -0.25) is 4.90 Å². The second-order valence-corrected chi connectivity index (χ2v) is 10.5. The van der Waals surface area contributed by atoms with Gasteiger partial charge in [-0.25, -0.2) is 0 Å². The average molecular weight is 433 g/mol. The summed E-state index contributed by atoms with van der Waals surface area (Å²) in [5.41, 5.74) is 1.32. The van der Waals surface area contributed by atoms with Gasteiger partial charge in [-0.15, -0.1) is 0 Å². The lowest BCUT2D eigenvalue weighted by Crippen LogP contribution is -2.58. The van der Waals surface area contributed by atoms with Crippen LogP contribution in [0.25, 0.3) is 0 Å². The molecule has 1 aliphatic carbocycles. The van der Waals surface area contributed by atoms with Crippen LogP contribution in [0.5, 0.6) is 11.5 Å². The summed E-state index contributed by atoms with van der Waals surface area (Å²) in [7, 11) is 1.68. The van der Waals surface area contributed by atoms with Gasteiger partial charge in [0.2, 0.25) is 0 Å². The molecule has 0 unspecified atom stereocenters. The van der Waals surface area contributed by atoms with E-state index in [4.69, 9.17) is 9.47 Å². The van der Waals surface area contributed by atoms with Crippen LogP contribution in [0.4, 0.5) is 0 Å². The summed E-state index contributed by atoms with van der Waals surface area (Å²) in [6.07, 6.45) is 10.1. The third-order valence-electron chi connectivity index (χ3n) is 7.07. The van der Waals surface area contributed by atoms with Gasteiger partial charge in [0.15, 0.2) is 0 Å². The summed E-state index contributed by atoms with van der Waals surface area (Å²) < 4.78 is 11.4. The zero-order valence-corrected chi connectivity index (χ0v) is 20.2. The summed E-state index contributed by atoms with van der Waals surface area (Å²) in [5, 5.41) is 14.2. The van der Waals surface area contributed by atoms with Gasteiger partial charge < -0.3 is 19.9 Å². The Morgan fingerprint density at radius 1 is 1.06 bits per heavy atom. The van der Waals surface area contributed by atoms with Gasteiger partial charge in [0.1, 0.15) is 24.2 Å². The number of rotatable bonds is 9. The fraction of sp³-hybridized carbons (Fsp3) is 0.769. The third-order valence-corrected chi connectivity index (χ3v) is 7.07. The van der Waals surface area contributed by atoms with Gasteiger partial charge in [-0.05, 0) is 62.4 Å². The molecule has 2 N–H and O–H groups in total. The molecule has 1 saturated heterocycles. The summed E-state index contributed by atoms with van der Waals surface area (Å²) in [6.45, 7) is 10.8. The minimum atomic E-state index is -0.531. The van der Waals surface area contributed by atoms with E-state index in [-0.39, 0.29) is 11.0 Å². The number of aliphatic hydroxyl groups excluding tert-OH is 1. The Morgan fingerprint density at radius 2 is 1.74 bits per heavy atom. The zero-order valence-electron chi connectivity index (χ0n) is 20.2.